The minimum absolute atomic E-state index is 0.0240. The Bertz CT molecular complexity index is 1920. The van der Waals surface area contributed by atoms with Gasteiger partial charge in [-0.25, -0.2) is 19.7 Å². The van der Waals surface area contributed by atoms with Crippen molar-refractivity contribution in [1.29, 1.82) is 0 Å². The van der Waals surface area contributed by atoms with Crippen LogP contribution in [0, 0.1) is 6.92 Å². The minimum Gasteiger partial charge on any atom is -0.408 e. The van der Waals surface area contributed by atoms with E-state index in [0.29, 0.717) is 41.1 Å². The smallest absolute Gasteiger partial charge is 0.408 e. The molecule has 0 saturated carbocycles. The molecule has 1 aliphatic heterocycles. The lowest BCUT2D eigenvalue weighted by molar-refractivity contribution is -0.120. The summed E-state index contributed by atoms with van der Waals surface area (Å²) in [6.07, 6.45) is 4.21. The lowest BCUT2D eigenvalue weighted by Gasteiger charge is -2.20. The maximum absolute atomic E-state index is 13.3. The van der Waals surface area contributed by atoms with Gasteiger partial charge in [0.2, 0.25) is 11.7 Å². The zero-order valence-electron chi connectivity index (χ0n) is 21.1. The van der Waals surface area contributed by atoms with E-state index in [1.807, 2.05) is 37.3 Å². The summed E-state index contributed by atoms with van der Waals surface area (Å²) in [5.74, 6) is 0.270. The summed E-state index contributed by atoms with van der Waals surface area (Å²) in [4.78, 5) is 51.0. The zero-order valence-corrected chi connectivity index (χ0v) is 21.1. The van der Waals surface area contributed by atoms with Gasteiger partial charge in [0.05, 0.1) is 10.9 Å². The summed E-state index contributed by atoms with van der Waals surface area (Å²) in [7, 11) is 1.63. The van der Waals surface area contributed by atoms with Crippen molar-refractivity contribution in [2.24, 2.45) is 7.05 Å². The maximum atomic E-state index is 13.3. The van der Waals surface area contributed by atoms with Crippen LogP contribution in [0.4, 0.5) is 17.3 Å². The number of aryl methyl sites for hydroxylation is 2. The summed E-state index contributed by atoms with van der Waals surface area (Å²) >= 11 is 0. The van der Waals surface area contributed by atoms with Crippen molar-refractivity contribution in [3.8, 4) is 0 Å². The van der Waals surface area contributed by atoms with Crippen molar-refractivity contribution < 1.29 is 14.0 Å². The average molecular weight is 519 g/mol. The predicted octanol–water partition coefficient (Wildman–Crippen LogP) is 3.59. The third kappa shape index (κ3) is 3.48. The van der Waals surface area contributed by atoms with Crippen LogP contribution in [-0.4, -0.2) is 31.2 Å². The number of aromatic nitrogens is 4. The third-order valence-electron chi connectivity index (χ3n) is 7.69. The Morgan fingerprint density at radius 1 is 1.05 bits per heavy atom. The number of oxazole rings is 1. The number of ketones is 1. The van der Waals surface area contributed by atoms with Gasteiger partial charge in [-0.05, 0) is 66.8 Å². The second-order valence-electron chi connectivity index (χ2n) is 10.1. The molecule has 4 heterocycles. The van der Waals surface area contributed by atoms with Gasteiger partial charge in [-0.1, -0.05) is 12.1 Å². The molecule has 2 aromatic carbocycles. The molecular formula is C29H22N6O4. The first-order valence-corrected chi connectivity index (χ1v) is 12.5. The fourth-order valence-corrected chi connectivity index (χ4v) is 5.83. The molecule has 0 fully saturated rings. The fourth-order valence-electron chi connectivity index (χ4n) is 5.83. The number of anilines is 3. The van der Waals surface area contributed by atoms with Crippen molar-refractivity contribution in [2.45, 2.75) is 25.2 Å². The molecule has 2 N–H and O–H groups in total. The van der Waals surface area contributed by atoms with Crippen LogP contribution in [0.2, 0.25) is 0 Å². The predicted molar refractivity (Wildman–Crippen MR) is 143 cm³/mol. The van der Waals surface area contributed by atoms with Crippen molar-refractivity contribution >= 4 is 40.1 Å². The van der Waals surface area contributed by atoms with E-state index in [9.17, 15) is 14.4 Å². The number of amides is 1. The number of hydrogen-bond donors (Lipinski definition) is 2. The second kappa shape index (κ2) is 8.19. The molecule has 1 unspecified atom stereocenters. The van der Waals surface area contributed by atoms with Crippen molar-refractivity contribution in [3.05, 3.63) is 105 Å². The van der Waals surface area contributed by atoms with Crippen LogP contribution >= 0.6 is 0 Å². The normalized spacial score (nSPS) is 17.3. The van der Waals surface area contributed by atoms with Crippen LogP contribution in [0.25, 0.3) is 11.1 Å². The summed E-state index contributed by atoms with van der Waals surface area (Å²) in [6, 6.07) is 14.7. The minimum atomic E-state index is -0.643. The SMILES string of the molecule is Cc1cc(C(=O)c2cc(Nc3ccc4c(c3)CC3(C4)C(=O)Nc4ncccc43)ncn2)cc2oc(=O)n(C)c12. The van der Waals surface area contributed by atoms with E-state index < -0.39 is 11.2 Å². The number of hydrogen-bond acceptors (Lipinski definition) is 8. The fraction of sp³-hybridized carbons (Fsp3) is 0.172. The molecule has 192 valence electrons. The van der Waals surface area contributed by atoms with Gasteiger partial charge in [0.15, 0.2) is 5.58 Å². The Hall–Kier alpha value is -5.12. The number of benzene rings is 2. The maximum Gasteiger partial charge on any atom is 0.419 e. The molecule has 1 amide bonds. The molecule has 0 bridgehead atoms. The van der Waals surface area contributed by atoms with E-state index in [4.69, 9.17) is 4.42 Å². The van der Waals surface area contributed by atoms with Crippen molar-refractivity contribution in [2.75, 3.05) is 10.6 Å². The van der Waals surface area contributed by atoms with Crippen LogP contribution in [0.5, 0.6) is 0 Å². The molecule has 10 heteroatoms. The average Bonchev–Trinajstić information content (AvgIpc) is 3.54. The Labute approximate surface area is 221 Å². The number of nitrogens with zero attached hydrogens (tertiary/aromatic N) is 4. The second-order valence-corrected chi connectivity index (χ2v) is 10.1. The summed E-state index contributed by atoms with van der Waals surface area (Å²) < 4.78 is 6.70. The highest BCUT2D eigenvalue weighted by Crippen LogP contribution is 2.47. The van der Waals surface area contributed by atoms with Gasteiger partial charge in [0.25, 0.3) is 0 Å². The first kappa shape index (κ1) is 23.0. The molecule has 5 aromatic rings. The highest BCUT2D eigenvalue weighted by Gasteiger charge is 2.51. The monoisotopic (exact) mass is 518 g/mol. The van der Waals surface area contributed by atoms with E-state index in [1.165, 1.54) is 10.9 Å². The number of fused-ring (bicyclic) bond motifs is 4. The third-order valence-corrected chi connectivity index (χ3v) is 7.69. The molecule has 7 rings (SSSR count). The highest BCUT2D eigenvalue weighted by atomic mass is 16.4. The topological polar surface area (TPSA) is 132 Å². The number of carbonyl (C=O) groups is 2. The van der Waals surface area contributed by atoms with Crippen LogP contribution in [0.3, 0.4) is 0 Å². The van der Waals surface area contributed by atoms with Gasteiger partial charge >= 0.3 is 5.76 Å². The molecule has 10 nitrogen and oxygen atoms in total. The standard InChI is InChI=1S/C29H22N6O4/c1-15-8-17(10-22-24(15)35(2)28(38)39-22)25(36)21-11-23(32-14-31-21)33-19-6-5-16-12-29(13-18(16)9-19)20-4-3-7-30-26(20)34-27(29)37/h3-11,14H,12-13H2,1-2H3,(H,30,34,37)(H,31,32,33). The van der Waals surface area contributed by atoms with E-state index in [1.54, 1.807) is 31.4 Å². The van der Waals surface area contributed by atoms with Gasteiger partial charge in [-0.2, -0.15) is 0 Å². The molecule has 1 spiro atoms. The van der Waals surface area contributed by atoms with Crippen molar-refractivity contribution in [1.82, 2.24) is 19.5 Å². The van der Waals surface area contributed by atoms with Gasteiger partial charge in [-0.3, -0.25) is 14.2 Å². The highest BCUT2D eigenvalue weighted by molar-refractivity contribution is 6.09. The molecule has 39 heavy (non-hydrogen) atoms. The van der Waals surface area contributed by atoms with Gasteiger partial charge in [0.1, 0.15) is 23.7 Å². The molecule has 2 aliphatic rings. The zero-order chi connectivity index (χ0) is 26.9. The molecule has 3 aromatic heterocycles. The number of pyridine rings is 1. The van der Waals surface area contributed by atoms with Gasteiger partial charge in [-0.15, -0.1) is 0 Å². The molecule has 1 aliphatic carbocycles. The lowest BCUT2D eigenvalue weighted by atomic mass is 9.79. The summed E-state index contributed by atoms with van der Waals surface area (Å²) in [5, 5.41) is 6.19. The van der Waals surface area contributed by atoms with Crippen LogP contribution < -0.4 is 16.4 Å². The Balaban J connectivity index is 1.15. The summed E-state index contributed by atoms with van der Waals surface area (Å²) in [6.45, 7) is 1.82. The van der Waals surface area contributed by atoms with Gasteiger partial charge < -0.3 is 15.1 Å². The Kier molecular flexibility index (Phi) is 4.84. The molecular weight excluding hydrogens is 496 g/mol. The number of nitrogens with one attached hydrogen (secondary N) is 2. The summed E-state index contributed by atoms with van der Waals surface area (Å²) in [5.41, 5.74) is 5.59. The first-order chi connectivity index (χ1) is 18.8. The van der Waals surface area contributed by atoms with Crippen LogP contribution in [-0.2, 0) is 30.1 Å². The Morgan fingerprint density at radius 3 is 2.77 bits per heavy atom. The molecule has 0 saturated heterocycles. The van der Waals surface area contributed by atoms with Crippen molar-refractivity contribution in [3.63, 3.8) is 0 Å². The molecule has 1 atom stereocenters. The van der Waals surface area contributed by atoms with E-state index in [2.05, 4.69) is 25.6 Å². The van der Waals surface area contributed by atoms with E-state index in [0.717, 1.165) is 27.9 Å². The number of rotatable bonds is 4. The quantitative estimate of drug-likeness (QED) is 0.345. The van der Waals surface area contributed by atoms with Crippen LogP contribution in [0.15, 0.2) is 70.3 Å². The number of carbonyl (C=O) groups excluding carboxylic acids is 2. The van der Waals surface area contributed by atoms with Gasteiger partial charge in [0, 0.05) is 36.1 Å². The van der Waals surface area contributed by atoms with E-state index >= 15 is 0 Å². The molecule has 0 radical (unpaired) electrons. The van der Waals surface area contributed by atoms with E-state index in [-0.39, 0.29) is 17.4 Å². The van der Waals surface area contributed by atoms with Crippen LogP contribution in [0.1, 0.15) is 38.3 Å². The lowest BCUT2D eigenvalue weighted by Crippen LogP contribution is -2.35. The largest absolute Gasteiger partial charge is 0.419 e. The Morgan fingerprint density at radius 2 is 1.90 bits per heavy atom. The first-order valence-electron chi connectivity index (χ1n) is 12.5.